The van der Waals surface area contributed by atoms with Gasteiger partial charge in [-0.2, -0.15) is 0 Å². The fourth-order valence-corrected chi connectivity index (χ4v) is 7.95. The Labute approximate surface area is 329 Å². The summed E-state index contributed by atoms with van der Waals surface area (Å²) in [5.41, 5.74) is -1.15. The normalized spacial score (nSPS) is 37.7. The number of ether oxygens (including phenoxy) is 7. The lowest BCUT2D eigenvalue weighted by Crippen LogP contribution is -2.62. The summed E-state index contributed by atoms with van der Waals surface area (Å²) in [4.78, 5) is 50.9. The SMILES string of the molecule is CCCC(=O)O[C@H]1CC2CC(O)CC(=O)OC([C@@H](C)O)C[C@@H]3C/C(=C\C(=O)OC)C[C@@](O)(O3)C(C)(C)/C=C/C3C/C(=C\C(=O)OC)CC(CC(O)(O2)C1(C)C)O3. The lowest BCUT2D eigenvalue weighted by Gasteiger charge is -2.53. The highest BCUT2D eigenvalue weighted by Gasteiger charge is 2.58. The van der Waals surface area contributed by atoms with Crippen molar-refractivity contribution >= 4 is 23.9 Å². The molecule has 0 aromatic carbocycles. The van der Waals surface area contributed by atoms with Crippen LogP contribution in [0.15, 0.2) is 35.5 Å². The summed E-state index contributed by atoms with van der Waals surface area (Å²) in [6, 6.07) is 0. The van der Waals surface area contributed by atoms with Crippen LogP contribution in [0.1, 0.15) is 112 Å². The van der Waals surface area contributed by atoms with Crippen LogP contribution in [0.4, 0.5) is 0 Å². The molecule has 56 heavy (non-hydrogen) atoms. The van der Waals surface area contributed by atoms with Gasteiger partial charge in [0.1, 0.15) is 12.2 Å². The van der Waals surface area contributed by atoms with Gasteiger partial charge in [-0.15, -0.1) is 0 Å². The Morgan fingerprint density at radius 1 is 0.893 bits per heavy atom. The molecule has 0 aromatic rings. The molecular formula is C41H62O15. The summed E-state index contributed by atoms with van der Waals surface area (Å²) in [5, 5.41) is 46.6. The molecule has 0 aromatic heterocycles. The summed E-state index contributed by atoms with van der Waals surface area (Å²) >= 11 is 0. The van der Waals surface area contributed by atoms with Crippen LogP contribution in [0.5, 0.6) is 0 Å². The standard InChI is InChI=1S/C41H62O15/c1-9-10-34(44)54-33-21-30-18-27(43)19-37(47)53-32(24(2)42)20-29-15-26(17-36(46)51-8)22-40(48,55-29)38(3,4)12-11-28-13-25(16-35(45)50-7)14-31(52-28)23-41(49,56-30)39(33,5)6/h11-12,16-17,24,27-33,42-43,48-49H,9-10,13-15,18-23H2,1-8H3/b12-11+,25-16+,26-17+/t24-,27?,28?,29+,30?,31?,32?,33+,40-,41?/m1/s1. The van der Waals surface area contributed by atoms with Gasteiger partial charge in [-0.25, -0.2) is 9.59 Å². The lowest BCUT2D eigenvalue weighted by molar-refractivity contribution is -0.348. The molecule has 0 aliphatic carbocycles. The van der Waals surface area contributed by atoms with E-state index in [-0.39, 0.29) is 57.8 Å². The van der Waals surface area contributed by atoms with Gasteiger partial charge in [-0.05, 0) is 32.6 Å². The summed E-state index contributed by atoms with van der Waals surface area (Å²) < 4.78 is 40.7. The minimum absolute atomic E-state index is 0.0616. The number of aliphatic hydroxyl groups excluding tert-OH is 2. The molecule has 316 valence electrons. The first kappa shape index (κ1) is 45.5. The van der Waals surface area contributed by atoms with Crippen LogP contribution in [0.25, 0.3) is 0 Å². The van der Waals surface area contributed by atoms with Crippen LogP contribution in [0.3, 0.4) is 0 Å². The van der Waals surface area contributed by atoms with Gasteiger partial charge >= 0.3 is 23.9 Å². The first-order valence-electron chi connectivity index (χ1n) is 19.6. The van der Waals surface area contributed by atoms with Crippen molar-refractivity contribution in [1.29, 1.82) is 0 Å². The molecule has 4 rings (SSSR count). The molecule has 4 N–H and O–H groups in total. The molecule has 10 atom stereocenters. The zero-order valence-electron chi connectivity index (χ0n) is 34.0. The van der Waals surface area contributed by atoms with Crippen LogP contribution in [-0.4, -0.2) is 119 Å². The molecule has 3 fully saturated rings. The van der Waals surface area contributed by atoms with E-state index in [9.17, 15) is 39.6 Å². The van der Waals surface area contributed by atoms with Crippen LogP contribution in [0.2, 0.25) is 0 Å². The van der Waals surface area contributed by atoms with Gasteiger partial charge in [0.25, 0.3) is 0 Å². The van der Waals surface area contributed by atoms with E-state index < -0.39 is 102 Å². The zero-order chi connectivity index (χ0) is 41.6. The number of hydrogen-bond acceptors (Lipinski definition) is 15. The molecule has 15 nitrogen and oxygen atoms in total. The third kappa shape index (κ3) is 11.3. The highest BCUT2D eigenvalue weighted by Crippen LogP contribution is 2.50. The topological polar surface area (TPSA) is 214 Å². The number of aliphatic hydroxyl groups is 4. The number of methoxy groups -OCH3 is 2. The number of cyclic esters (lactones) is 1. The van der Waals surface area contributed by atoms with E-state index in [0.29, 0.717) is 17.6 Å². The molecule has 4 aliphatic rings. The molecule has 6 bridgehead atoms. The highest BCUT2D eigenvalue weighted by atomic mass is 16.6. The summed E-state index contributed by atoms with van der Waals surface area (Å²) in [6.07, 6.45) is -0.748. The smallest absolute Gasteiger partial charge is 0.330 e. The maximum Gasteiger partial charge on any atom is 0.330 e. The summed E-state index contributed by atoms with van der Waals surface area (Å²) in [5.74, 6) is -6.35. The Bertz CT molecular complexity index is 1510. The maximum absolute atomic E-state index is 13.3. The fraction of sp³-hybridized carbons (Fsp3) is 0.756. The molecule has 0 amide bonds. The number of esters is 4. The predicted octanol–water partition coefficient (Wildman–Crippen LogP) is 3.63. The second-order valence-corrected chi connectivity index (χ2v) is 16.9. The van der Waals surface area contributed by atoms with Gasteiger partial charge < -0.3 is 53.6 Å². The molecular weight excluding hydrogens is 732 g/mol. The third-order valence-corrected chi connectivity index (χ3v) is 11.6. The molecule has 3 saturated heterocycles. The summed E-state index contributed by atoms with van der Waals surface area (Å²) in [7, 11) is 2.51. The Kier molecular flexibility index (Phi) is 15.1. The van der Waals surface area contributed by atoms with Crippen molar-refractivity contribution in [3.8, 4) is 0 Å². The minimum Gasteiger partial charge on any atom is -0.466 e. The maximum atomic E-state index is 13.3. The number of fused-ring (bicyclic) bond motifs is 6. The van der Waals surface area contributed by atoms with Crippen molar-refractivity contribution in [2.24, 2.45) is 10.8 Å². The molecule has 0 radical (unpaired) electrons. The Balaban J connectivity index is 1.80. The molecule has 6 unspecified atom stereocenters. The van der Waals surface area contributed by atoms with Crippen molar-refractivity contribution in [2.75, 3.05) is 14.2 Å². The molecule has 0 spiro atoms. The quantitative estimate of drug-likeness (QED) is 0.131. The third-order valence-electron chi connectivity index (χ3n) is 11.6. The highest BCUT2D eigenvalue weighted by molar-refractivity contribution is 5.83. The van der Waals surface area contributed by atoms with Gasteiger partial charge in [0.15, 0.2) is 11.6 Å². The van der Waals surface area contributed by atoms with Gasteiger partial charge in [-0.3, -0.25) is 9.59 Å². The number of rotatable bonds is 6. The second kappa shape index (κ2) is 18.6. The first-order chi connectivity index (χ1) is 26.1. The van der Waals surface area contributed by atoms with Gasteiger partial charge in [0.05, 0.1) is 62.7 Å². The molecule has 15 heteroatoms. The number of hydrogen-bond donors (Lipinski definition) is 4. The Morgan fingerprint density at radius 2 is 1.52 bits per heavy atom. The molecule has 4 heterocycles. The van der Waals surface area contributed by atoms with Gasteiger partial charge in [-0.1, -0.05) is 57.9 Å². The molecule has 4 aliphatic heterocycles. The van der Waals surface area contributed by atoms with Gasteiger partial charge in [0.2, 0.25) is 0 Å². The van der Waals surface area contributed by atoms with Crippen LogP contribution >= 0.6 is 0 Å². The first-order valence-corrected chi connectivity index (χ1v) is 19.6. The average Bonchev–Trinajstić information content (AvgIpc) is 3.08. The van der Waals surface area contributed by atoms with E-state index in [0.717, 1.165) is 0 Å². The van der Waals surface area contributed by atoms with E-state index >= 15 is 0 Å². The van der Waals surface area contributed by atoms with E-state index in [1.807, 2.05) is 6.92 Å². The van der Waals surface area contributed by atoms with E-state index in [1.165, 1.54) is 33.3 Å². The molecule has 0 saturated carbocycles. The van der Waals surface area contributed by atoms with Crippen molar-refractivity contribution < 1.29 is 72.8 Å². The van der Waals surface area contributed by atoms with E-state index in [2.05, 4.69) is 0 Å². The second-order valence-electron chi connectivity index (χ2n) is 16.9. The summed E-state index contributed by atoms with van der Waals surface area (Å²) in [6.45, 7) is 10.2. The Hall–Kier alpha value is -3.18. The van der Waals surface area contributed by atoms with Gasteiger partial charge in [0, 0.05) is 56.1 Å². The minimum atomic E-state index is -1.99. The van der Waals surface area contributed by atoms with Crippen molar-refractivity contribution in [2.45, 2.75) is 173 Å². The van der Waals surface area contributed by atoms with Crippen LogP contribution < -0.4 is 0 Å². The Morgan fingerprint density at radius 3 is 2.14 bits per heavy atom. The van der Waals surface area contributed by atoms with E-state index in [1.54, 1.807) is 39.8 Å². The zero-order valence-corrected chi connectivity index (χ0v) is 34.0. The fourth-order valence-electron chi connectivity index (χ4n) is 7.95. The van der Waals surface area contributed by atoms with Crippen LogP contribution in [0, 0.1) is 10.8 Å². The van der Waals surface area contributed by atoms with E-state index in [4.69, 9.17) is 33.2 Å². The van der Waals surface area contributed by atoms with Crippen molar-refractivity contribution in [1.82, 2.24) is 0 Å². The van der Waals surface area contributed by atoms with Crippen molar-refractivity contribution in [3.05, 3.63) is 35.5 Å². The largest absolute Gasteiger partial charge is 0.466 e. The van der Waals surface area contributed by atoms with Crippen molar-refractivity contribution in [3.63, 3.8) is 0 Å². The van der Waals surface area contributed by atoms with Crippen LogP contribution in [-0.2, 0) is 52.3 Å². The number of carbonyl (C=O) groups excluding carboxylic acids is 4. The average molecular weight is 795 g/mol. The number of carbonyl (C=O) groups is 4. The lowest BCUT2D eigenvalue weighted by atomic mass is 9.70. The monoisotopic (exact) mass is 794 g/mol. The predicted molar refractivity (Wildman–Crippen MR) is 199 cm³/mol.